The van der Waals surface area contributed by atoms with Gasteiger partial charge in [-0.3, -0.25) is 23.7 Å². The first kappa shape index (κ1) is 32.8. The molecule has 17 nitrogen and oxygen atoms in total. The molecule has 1 aliphatic heterocycles. The average Bonchev–Trinajstić information content (AvgIpc) is 3.17. The lowest BCUT2D eigenvalue weighted by Crippen LogP contribution is -2.46. The standard InChI is InChI=1S/C24H33N6O11P/c1-5-38-22(34)17(12-14(2)3)27-42(36,41-16-8-6-15(37-4)7-9-16)39-13-24(28-29-25)20(33)19(32)21(40-24)30-11-10-18(31)26-23(30)35/h6-11,14,17,19-21,32-33H,5,12-13H2,1-4H3,(H,27,36)(H,26,31,35)/t17-,19+,20-,21+,24+,42?/m0/s1. The molecule has 1 aromatic carbocycles. The van der Waals surface area contributed by atoms with E-state index in [-0.39, 0.29) is 24.7 Å². The maximum atomic E-state index is 14.1. The van der Waals surface area contributed by atoms with E-state index in [0.29, 0.717) is 5.75 Å². The lowest BCUT2D eigenvalue weighted by atomic mass is 10.1. The van der Waals surface area contributed by atoms with Crippen LogP contribution in [-0.2, 0) is 23.4 Å². The van der Waals surface area contributed by atoms with Crippen molar-refractivity contribution in [3.63, 3.8) is 0 Å². The quantitative estimate of drug-likeness (QED) is 0.0782. The van der Waals surface area contributed by atoms with Crippen LogP contribution in [0.5, 0.6) is 11.5 Å². The average molecular weight is 613 g/mol. The van der Waals surface area contributed by atoms with Crippen molar-refractivity contribution in [1.82, 2.24) is 14.6 Å². The molecular weight excluding hydrogens is 579 g/mol. The van der Waals surface area contributed by atoms with E-state index in [1.807, 2.05) is 18.8 Å². The van der Waals surface area contributed by atoms with Gasteiger partial charge in [0.25, 0.3) is 5.56 Å². The maximum Gasteiger partial charge on any atom is 0.459 e. The second-order valence-corrected chi connectivity index (χ2v) is 11.3. The number of hydrogen-bond donors (Lipinski definition) is 4. The number of azide groups is 1. The number of nitrogens with one attached hydrogen (secondary N) is 2. The molecule has 3 rings (SSSR count). The fraction of sp³-hybridized carbons (Fsp3) is 0.542. The van der Waals surface area contributed by atoms with Gasteiger partial charge in [0, 0.05) is 17.2 Å². The van der Waals surface area contributed by atoms with Crippen molar-refractivity contribution in [1.29, 1.82) is 0 Å². The Morgan fingerprint density at radius 2 is 1.93 bits per heavy atom. The molecule has 0 spiro atoms. The molecule has 1 saturated heterocycles. The van der Waals surface area contributed by atoms with E-state index in [2.05, 4.69) is 15.1 Å². The van der Waals surface area contributed by atoms with Crippen LogP contribution in [-0.4, -0.2) is 70.0 Å². The second-order valence-electron chi connectivity index (χ2n) is 9.60. The number of aliphatic hydroxyl groups is 2. The zero-order valence-corrected chi connectivity index (χ0v) is 24.2. The summed E-state index contributed by atoms with van der Waals surface area (Å²) in [6, 6.07) is 5.68. The van der Waals surface area contributed by atoms with E-state index >= 15 is 0 Å². The SMILES string of the molecule is CCOC(=O)[C@H](CC(C)C)NP(=O)(OC[C@@]1(N=[N+]=[N-])O[C@@H](n2ccc(=O)[nH]c2=O)[C@H](O)[C@@H]1O)Oc1ccc(OC)cc1. The molecule has 1 fully saturated rings. The fourth-order valence-corrected chi connectivity index (χ4v) is 5.60. The molecule has 2 aromatic rings. The predicted molar refractivity (Wildman–Crippen MR) is 146 cm³/mol. The minimum atomic E-state index is -4.59. The number of carbonyl (C=O) groups is 1. The van der Waals surface area contributed by atoms with Crippen LogP contribution >= 0.6 is 7.75 Å². The number of aliphatic hydroxyl groups excluding tert-OH is 2. The van der Waals surface area contributed by atoms with E-state index in [4.69, 9.17) is 23.3 Å². The number of H-pyrrole nitrogens is 1. The molecule has 0 amide bonds. The van der Waals surface area contributed by atoms with Gasteiger partial charge in [0.05, 0.1) is 20.3 Å². The molecule has 1 aromatic heterocycles. The number of nitrogens with zero attached hydrogens (tertiary/aromatic N) is 4. The maximum absolute atomic E-state index is 14.1. The highest BCUT2D eigenvalue weighted by atomic mass is 31.2. The van der Waals surface area contributed by atoms with Crippen molar-refractivity contribution < 1.29 is 42.8 Å². The van der Waals surface area contributed by atoms with Crippen LogP contribution in [0.1, 0.15) is 33.4 Å². The van der Waals surface area contributed by atoms with E-state index in [1.165, 1.54) is 31.4 Å². The molecule has 42 heavy (non-hydrogen) atoms. The number of esters is 1. The van der Waals surface area contributed by atoms with Gasteiger partial charge in [0.1, 0.15) is 29.7 Å². The summed E-state index contributed by atoms with van der Waals surface area (Å²) in [5.74, 6) is -0.301. The van der Waals surface area contributed by atoms with Gasteiger partial charge in [-0.2, -0.15) is 5.09 Å². The Morgan fingerprint density at radius 3 is 2.50 bits per heavy atom. The van der Waals surface area contributed by atoms with Gasteiger partial charge >= 0.3 is 19.4 Å². The van der Waals surface area contributed by atoms with Crippen molar-refractivity contribution >= 4 is 13.7 Å². The molecule has 230 valence electrons. The van der Waals surface area contributed by atoms with E-state index in [9.17, 15) is 34.7 Å². The number of methoxy groups -OCH3 is 1. The lowest BCUT2D eigenvalue weighted by molar-refractivity contribution is -0.145. The summed E-state index contributed by atoms with van der Waals surface area (Å²) < 4.78 is 42.0. The highest BCUT2D eigenvalue weighted by molar-refractivity contribution is 7.52. The first-order valence-corrected chi connectivity index (χ1v) is 14.4. The molecule has 0 saturated carbocycles. The predicted octanol–water partition coefficient (Wildman–Crippen LogP) is 1.57. The summed E-state index contributed by atoms with van der Waals surface area (Å²) in [6.07, 6.45) is -4.37. The molecular formula is C24H33N6O11P. The normalized spacial score (nSPS) is 23.9. The number of aromatic nitrogens is 2. The highest BCUT2D eigenvalue weighted by Crippen LogP contribution is 2.48. The monoisotopic (exact) mass is 612 g/mol. The largest absolute Gasteiger partial charge is 0.497 e. The third-order valence-electron chi connectivity index (χ3n) is 6.06. The smallest absolute Gasteiger partial charge is 0.459 e. The van der Waals surface area contributed by atoms with Gasteiger partial charge in [-0.1, -0.05) is 19.0 Å². The van der Waals surface area contributed by atoms with Crippen LogP contribution in [0.25, 0.3) is 10.4 Å². The Hall–Kier alpha value is -3.69. The second kappa shape index (κ2) is 14.0. The number of hydrogen-bond acceptors (Lipinski definition) is 12. The summed E-state index contributed by atoms with van der Waals surface area (Å²) in [5, 5.41) is 27.6. The molecule has 1 unspecified atom stereocenters. The Balaban J connectivity index is 1.97. The number of rotatable bonds is 14. The van der Waals surface area contributed by atoms with Crippen molar-refractivity contribution in [3.05, 3.63) is 67.8 Å². The molecule has 0 aliphatic carbocycles. The minimum absolute atomic E-state index is 0.0298. The third-order valence-corrected chi connectivity index (χ3v) is 7.61. The third kappa shape index (κ3) is 7.77. The summed E-state index contributed by atoms with van der Waals surface area (Å²) in [6.45, 7) is 4.31. The molecule has 1 aliphatic rings. The number of benzene rings is 1. The summed E-state index contributed by atoms with van der Waals surface area (Å²) in [4.78, 5) is 41.1. The van der Waals surface area contributed by atoms with Crippen LogP contribution in [0.15, 0.2) is 51.2 Å². The van der Waals surface area contributed by atoms with E-state index in [1.54, 1.807) is 6.92 Å². The molecule has 2 heterocycles. The molecule has 4 N–H and O–H groups in total. The first-order chi connectivity index (χ1) is 19.9. The Kier molecular flexibility index (Phi) is 10.9. The van der Waals surface area contributed by atoms with E-state index < -0.39 is 61.8 Å². The van der Waals surface area contributed by atoms with Crippen molar-refractivity contribution in [2.24, 2.45) is 11.0 Å². The van der Waals surface area contributed by atoms with Crippen LogP contribution in [0, 0.1) is 5.92 Å². The van der Waals surface area contributed by atoms with Crippen molar-refractivity contribution in [2.45, 2.75) is 57.4 Å². The van der Waals surface area contributed by atoms with Gasteiger partial charge < -0.3 is 28.9 Å². The molecule has 0 radical (unpaired) electrons. The van der Waals surface area contributed by atoms with Gasteiger partial charge in [-0.15, -0.1) is 0 Å². The van der Waals surface area contributed by atoms with Crippen LogP contribution < -0.4 is 25.6 Å². The summed E-state index contributed by atoms with van der Waals surface area (Å²) in [7, 11) is -3.14. The molecule has 18 heteroatoms. The van der Waals surface area contributed by atoms with Crippen LogP contribution in [0.2, 0.25) is 0 Å². The van der Waals surface area contributed by atoms with Gasteiger partial charge in [-0.05, 0) is 49.1 Å². The fourth-order valence-electron chi connectivity index (χ4n) is 4.08. The van der Waals surface area contributed by atoms with Crippen molar-refractivity contribution in [2.75, 3.05) is 20.3 Å². The van der Waals surface area contributed by atoms with Crippen LogP contribution in [0.3, 0.4) is 0 Å². The zero-order valence-electron chi connectivity index (χ0n) is 23.3. The zero-order chi connectivity index (χ0) is 31.1. The Morgan fingerprint density at radius 1 is 1.26 bits per heavy atom. The Bertz CT molecular complexity index is 1440. The molecule has 6 atom stereocenters. The van der Waals surface area contributed by atoms with Gasteiger partial charge in [0.2, 0.25) is 5.72 Å². The minimum Gasteiger partial charge on any atom is -0.497 e. The van der Waals surface area contributed by atoms with Gasteiger partial charge in [-0.25, -0.2) is 9.36 Å². The number of carbonyl (C=O) groups excluding carboxylic acids is 1. The first-order valence-electron chi connectivity index (χ1n) is 12.8. The highest BCUT2D eigenvalue weighted by Gasteiger charge is 2.56. The number of ether oxygens (including phenoxy) is 3. The van der Waals surface area contributed by atoms with E-state index in [0.717, 1.165) is 16.8 Å². The number of aromatic amines is 1. The molecule has 0 bridgehead atoms. The summed E-state index contributed by atoms with van der Waals surface area (Å²) >= 11 is 0. The van der Waals surface area contributed by atoms with Crippen LogP contribution in [0.4, 0.5) is 0 Å². The summed E-state index contributed by atoms with van der Waals surface area (Å²) in [5.41, 5.74) is 5.11. The lowest BCUT2D eigenvalue weighted by Gasteiger charge is -2.30. The van der Waals surface area contributed by atoms with Gasteiger partial charge in [0.15, 0.2) is 6.23 Å². The topological polar surface area (TPSA) is 236 Å². The van der Waals surface area contributed by atoms with Crippen molar-refractivity contribution in [3.8, 4) is 11.5 Å². The Labute approximate surface area is 239 Å².